The lowest BCUT2D eigenvalue weighted by Crippen LogP contribution is -2.30. The van der Waals surface area contributed by atoms with Gasteiger partial charge in [0.15, 0.2) is 0 Å². The molecule has 1 aromatic heterocycles. The average molecular weight is 329 g/mol. The molecule has 0 aliphatic carbocycles. The molecule has 2 aromatic rings. The zero-order valence-electron chi connectivity index (χ0n) is 14.6. The highest BCUT2D eigenvalue weighted by molar-refractivity contribution is 5.99. The third-order valence-electron chi connectivity index (χ3n) is 3.75. The van der Waals surface area contributed by atoms with Crippen LogP contribution in [0, 0.1) is 6.92 Å². The van der Waals surface area contributed by atoms with E-state index in [0.717, 1.165) is 11.1 Å². The average Bonchev–Trinajstić information content (AvgIpc) is 2.95. The third-order valence-corrected chi connectivity index (χ3v) is 3.75. The first-order chi connectivity index (χ1) is 11.3. The molecule has 7 nitrogen and oxygen atoms in total. The Morgan fingerprint density at radius 3 is 2.54 bits per heavy atom. The predicted molar refractivity (Wildman–Crippen MR) is 92.8 cm³/mol. The summed E-state index contributed by atoms with van der Waals surface area (Å²) in [5.41, 5.74) is 2.79. The molecule has 1 aromatic carbocycles. The van der Waals surface area contributed by atoms with Crippen molar-refractivity contribution in [3.8, 4) is 0 Å². The Labute approximate surface area is 141 Å². The van der Waals surface area contributed by atoms with E-state index in [1.807, 2.05) is 13.0 Å². The SMILES string of the molecule is CNC(C(=O)Nc1ccc(C)c(C(=O)N(C)C)c1)c1cnn(C)c1. The summed E-state index contributed by atoms with van der Waals surface area (Å²) >= 11 is 0. The van der Waals surface area contributed by atoms with E-state index in [2.05, 4.69) is 15.7 Å². The second-order valence-corrected chi connectivity index (χ2v) is 5.89. The van der Waals surface area contributed by atoms with Gasteiger partial charge in [-0.05, 0) is 31.7 Å². The van der Waals surface area contributed by atoms with E-state index in [9.17, 15) is 9.59 Å². The molecule has 0 aliphatic rings. The number of anilines is 1. The first-order valence-electron chi connectivity index (χ1n) is 7.62. The number of rotatable bonds is 5. The molecule has 0 aliphatic heterocycles. The Morgan fingerprint density at radius 2 is 2.00 bits per heavy atom. The summed E-state index contributed by atoms with van der Waals surface area (Å²) < 4.78 is 1.65. The van der Waals surface area contributed by atoms with Crippen LogP contribution in [-0.4, -0.2) is 47.6 Å². The number of aromatic nitrogens is 2. The van der Waals surface area contributed by atoms with E-state index >= 15 is 0 Å². The van der Waals surface area contributed by atoms with Gasteiger partial charge in [-0.2, -0.15) is 5.10 Å². The van der Waals surface area contributed by atoms with Crippen molar-refractivity contribution in [1.82, 2.24) is 20.0 Å². The van der Waals surface area contributed by atoms with E-state index in [1.165, 1.54) is 4.90 Å². The predicted octanol–water partition coefficient (Wildman–Crippen LogP) is 1.33. The van der Waals surface area contributed by atoms with Gasteiger partial charge in [0.25, 0.3) is 5.91 Å². The van der Waals surface area contributed by atoms with Crippen molar-refractivity contribution in [2.24, 2.45) is 7.05 Å². The second kappa shape index (κ2) is 7.27. The van der Waals surface area contributed by atoms with Gasteiger partial charge < -0.3 is 15.5 Å². The first kappa shape index (κ1) is 17.7. The molecule has 0 spiro atoms. The molecule has 2 rings (SSSR count). The maximum atomic E-state index is 12.5. The number of amides is 2. The summed E-state index contributed by atoms with van der Waals surface area (Å²) in [4.78, 5) is 26.3. The summed E-state index contributed by atoms with van der Waals surface area (Å²) in [6.07, 6.45) is 3.44. The first-order valence-corrected chi connectivity index (χ1v) is 7.62. The molecule has 0 saturated carbocycles. The van der Waals surface area contributed by atoms with Crippen molar-refractivity contribution >= 4 is 17.5 Å². The number of benzene rings is 1. The molecule has 0 radical (unpaired) electrons. The van der Waals surface area contributed by atoms with Crippen LogP contribution in [0.1, 0.15) is 27.5 Å². The number of hydrogen-bond donors (Lipinski definition) is 2. The Kier molecular flexibility index (Phi) is 5.35. The zero-order valence-corrected chi connectivity index (χ0v) is 14.6. The van der Waals surface area contributed by atoms with Crippen LogP contribution in [-0.2, 0) is 11.8 Å². The Hall–Kier alpha value is -2.67. The molecule has 1 atom stereocenters. The Bertz CT molecular complexity index is 751. The lowest BCUT2D eigenvalue weighted by atomic mass is 10.1. The fourth-order valence-corrected chi connectivity index (χ4v) is 2.42. The quantitative estimate of drug-likeness (QED) is 0.867. The smallest absolute Gasteiger partial charge is 0.253 e. The number of carbonyl (C=O) groups is 2. The minimum absolute atomic E-state index is 0.0963. The van der Waals surface area contributed by atoms with Crippen LogP contribution >= 0.6 is 0 Å². The lowest BCUT2D eigenvalue weighted by Gasteiger charge is -2.17. The number of likely N-dealkylation sites (N-methyl/N-ethyl adjacent to an activating group) is 1. The van der Waals surface area contributed by atoms with Crippen molar-refractivity contribution < 1.29 is 9.59 Å². The van der Waals surface area contributed by atoms with Gasteiger partial charge in [-0.25, -0.2) is 0 Å². The van der Waals surface area contributed by atoms with Crippen molar-refractivity contribution in [2.75, 3.05) is 26.5 Å². The molecule has 1 heterocycles. The zero-order chi connectivity index (χ0) is 17.9. The molecule has 0 fully saturated rings. The molecular formula is C17H23N5O2. The fraction of sp³-hybridized carbons (Fsp3) is 0.353. The molecule has 2 N–H and O–H groups in total. The minimum atomic E-state index is -0.520. The van der Waals surface area contributed by atoms with Gasteiger partial charge in [0.2, 0.25) is 5.91 Å². The monoisotopic (exact) mass is 329 g/mol. The molecule has 2 amide bonds. The number of nitrogens with zero attached hydrogens (tertiary/aromatic N) is 3. The summed E-state index contributed by atoms with van der Waals surface area (Å²) in [5.74, 6) is -0.307. The maximum Gasteiger partial charge on any atom is 0.253 e. The third kappa shape index (κ3) is 3.80. The van der Waals surface area contributed by atoms with Crippen LogP contribution in [0.4, 0.5) is 5.69 Å². The summed E-state index contributed by atoms with van der Waals surface area (Å²) in [6, 6.07) is 4.79. The minimum Gasteiger partial charge on any atom is -0.345 e. The highest BCUT2D eigenvalue weighted by Crippen LogP contribution is 2.19. The number of hydrogen-bond acceptors (Lipinski definition) is 4. The Morgan fingerprint density at radius 1 is 1.29 bits per heavy atom. The molecular weight excluding hydrogens is 306 g/mol. The lowest BCUT2D eigenvalue weighted by molar-refractivity contribution is -0.118. The van der Waals surface area contributed by atoms with Crippen LogP contribution in [0.2, 0.25) is 0 Å². The number of aryl methyl sites for hydroxylation is 2. The van der Waals surface area contributed by atoms with Gasteiger partial charge in [0, 0.05) is 44.2 Å². The summed E-state index contributed by atoms with van der Waals surface area (Å²) in [5, 5.41) is 9.92. The van der Waals surface area contributed by atoms with Crippen molar-refractivity contribution in [2.45, 2.75) is 13.0 Å². The highest BCUT2D eigenvalue weighted by atomic mass is 16.2. The van der Waals surface area contributed by atoms with Gasteiger partial charge in [-0.15, -0.1) is 0 Å². The maximum absolute atomic E-state index is 12.5. The van der Waals surface area contributed by atoms with Crippen molar-refractivity contribution in [3.63, 3.8) is 0 Å². The van der Waals surface area contributed by atoms with Gasteiger partial charge in [-0.1, -0.05) is 6.07 Å². The fourth-order valence-electron chi connectivity index (χ4n) is 2.42. The van der Waals surface area contributed by atoms with E-state index < -0.39 is 6.04 Å². The second-order valence-electron chi connectivity index (χ2n) is 5.89. The van der Waals surface area contributed by atoms with Crippen LogP contribution in [0.5, 0.6) is 0 Å². The topological polar surface area (TPSA) is 79.3 Å². The normalized spacial score (nSPS) is 11.9. The highest BCUT2D eigenvalue weighted by Gasteiger charge is 2.21. The molecule has 0 bridgehead atoms. The van der Waals surface area contributed by atoms with E-state index in [-0.39, 0.29) is 11.8 Å². The van der Waals surface area contributed by atoms with Crippen LogP contribution in [0.15, 0.2) is 30.6 Å². The van der Waals surface area contributed by atoms with Crippen molar-refractivity contribution in [1.29, 1.82) is 0 Å². The van der Waals surface area contributed by atoms with Crippen LogP contribution in [0.3, 0.4) is 0 Å². The van der Waals surface area contributed by atoms with Crippen LogP contribution < -0.4 is 10.6 Å². The van der Waals surface area contributed by atoms with Crippen molar-refractivity contribution in [3.05, 3.63) is 47.3 Å². The van der Waals surface area contributed by atoms with Crippen LogP contribution in [0.25, 0.3) is 0 Å². The number of nitrogens with one attached hydrogen (secondary N) is 2. The number of carbonyl (C=O) groups excluding carboxylic acids is 2. The largest absolute Gasteiger partial charge is 0.345 e. The summed E-state index contributed by atoms with van der Waals surface area (Å²) in [6.45, 7) is 1.87. The van der Waals surface area contributed by atoms with Gasteiger partial charge in [-0.3, -0.25) is 14.3 Å². The van der Waals surface area contributed by atoms with Gasteiger partial charge in [0.05, 0.1) is 6.20 Å². The van der Waals surface area contributed by atoms with Gasteiger partial charge in [0.1, 0.15) is 6.04 Å². The van der Waals surface area contributed by atoms with E-state index in [0.29, 0.717) is 11.3 Å². The van der Waals surface area contributed by atoms with Gasteiger partial charge >= 0.3 is 0 Å². The molecule has 0 saturated heterocycles. The molecule has 128 valence electrons. The molecule has 7 heteroatoms. The van der Waals surface area contributed by atoms with E-state index in [4.69, 9.17) is 0 Å². The molecule has 24 heavy (non-hydrogen) atoms. The summed E-state index contributed by atoms with van der Waals surface area (Å²) in [7, 11) is 6.92. The standard InChI is InChI=1S/C17H23N5O2/c1-11-6-7-13(8-14(11)17(24)21(3)4)20-16(23)15(18-2)12-9-19-22(5)10-12/h6-10,15,18H,1-5H3,(H,20,23). The van der Waals surface area contributed by atoms with E-state index in [1.54, 1.807) is 57.4 Å². The molecule has 1 unspecified atom stereocenters. The Balaban J connectivity index is 2.22.